The molecule has 0 saturated heterocycles. The minimum atomic E-state index is -0.434. The van der Waals surface area contributed by atoms with Gasteiger partial charge in [-0.05, 0) is 13.8 Å². The van der Waals surface area contributed by atoms with Crippen molar-refractivity contribution in [2.45, 2.75) is 26.7 Å². The van der Waals surface area contributed by atoms with E-state index in [1.54, 1.807) is 19.9 Å². The van der Waals surface area contributed by atoms with Crippen LogP contribution in [0.15, 0.2) is 17.2 Å². The summed E-state index contributed by atoms with van der Waals surface area (Å²) in [5, 5.41) is 3.65. The molecule has 1 heterocycles. The summed E-state index contributed by atoms with van der Waals surface area (Å²) in [4.78, 5) is 28.9. The molecular weight excluding hydrogens is 262 g/mol. The molecule has 0 atom stereocenters. The molecule has 1 amide bonds. The Morgan fingerprint density at radius 1 is 1.50 bits per heavy atom. The van der Waals surface area contributed by atoms with Gasteiger partial charge in [0.25, 0.3) is 0 Å². The van der Waals surface area contributed by atoms with Crippen LogP contribution in [-0.2, 0) is 20.7 Å². The van der Waals surface area contributed by atoms with Crippen molar-refractivity contribution in [1.29, 1.82) is 0 Å². The van der Waals surface area contributed by atoms with Gasteiger partial charge in [0.2, 0.25) is 11.8 Å². The van der Waals surface area contributed by atoms with Crippen LogP contribution in [0.1, 0.15) is 25.1 Å². The first-order chi connectivity index (χ1) is 9.56. The molecule has 20 heavy (non-hydrogen) atoms. The van der Waals surface area contributed by atoms with Crippen molar-refractivity contribution in [3.8, 4) is 0 Å². The first-order valence-electron chi connectivity index (χ1n) is 6.40. The van der Waals surface area contributed by atoms with Gasteiger partial charge in [0.15, 0.2) is 5.82 Å². The molecule has 1 aromatic rings. The van der Waals surface area contributed by atoms with Crippen molar-refractivity contribution in [3.63, 3.8) is 0 Å². The minimum Gasteiger partial charge on any atom is -0.465 e. The summed E-state index contributed by atoms with van der Waals surface area (Å²) in [6.07, 6.45) is 2.10. The van der Waals surface area contributed by atoms with Gasteiger partial charge >= 0.3 is 5.97 Å². The molecule has 0 aliphatic heterocycles. The summed E-state index contributed by atoms with van der Waals surface area (Å²) in [6, 6.07) is 0. The van der Waals surface area contributed by atoms with Gasteiger partial charge in [-0.1, -0.05) is 11.2 Å². The fourth-order valence-corrected chi connectivity index (χ4v) is 1.59. The Labute approximate surface area is 117 Å². The lowest BCUT2D eigenvalue weighted by Crippen LogP contribution is -2.36. The van der Waals surface area contributed by atoms with Crippen molar-refractivity contribution in [1.82, 2.24) is 15.0 Å². The molecule has 1 rings (SSSR count). The molecule has 110 valence electrons. The third-order valence-electron chi connectivity index (χ3n) is 2.45. The molecule has 7 heteroatoms. The molecule has 0 N–H and O–H groups in total. The number of esters is 1. The highest BCUT2D eigenvalue weighted by Gasteiger charge is 2.17. The molecule has 0 saturated carbocycles. The molecule has 0 unspecified atom stereocenters. The van der Waals surface area contributed by atoms with Crippen LogP contribution in [0.3, 0.4) is 0 Å². The maximum absolute atomic E-state index is 12.0. The number of ether oxygens (including phenoxy) is 1. The van der Waals surface area contributed by atoms with Crippen LogP contribution >= 0.6 is 0 Å². The van der Waals surface area contributed by atoms with E-state index in [4.69, 9.17) is 9.26 Å². The van der Waals surface area contributed by atoms with Gasteiger partial charge in [-0.25, -0.2) is 0 Å². The van der Waals surface area contributed by atoms with Gasteiger partial charge in [-0.3, -0.25) is 9.59 Å². The number of carbonyl (C=O) groups excluding carboxylic acids is 2. The molecule has 7 nitrogen and oxygen atoms in total. The Hall–Kier alpha value is -2.18. The van der Waals surface area contributed by atoms with Crippen molar-refractivity contribution in [3.05, 3.63) is 24.4 Å². The number of hydrogen-bond donors (Lipinski definition) is 0. The predicted molar refractivity (Wildman–Crippen MR) is 70.8 cm³/mol. The lowest BCUT2D eigenvalue weighted by atomic mass is 10.2. The maximum Gasteiger partial charge on any atom is 0.325 e. The Bertz CT molecular complexity index is 470. The summed E-state index contributed by atoms with van der Waals surface area (Å²) in [5.74, 6) is 0.317. The zero-order chi connectivity index (χ0) is 15.0. The number of aromatic nitrogens is 2. The number of nitrogens with zero attached hydrogens (tertiary/aromatic N) is 3. The van der Waals surface area contributed by atoms with E-state index in [9.17, 15) is 9.59 Å². The third-order valence-corrected chi connectivity index (χ3v) is 2.45. The third kappa shape index (κ3) is 5.21. The van der Waals surface area contributed by atoms with Crippen LogP contribution < -0.4 is 0 Å². The van der Waals surface area contributed by atoms with E-state index in [1.165, 1.54) is 4.90 Å². The molecule has 0 radical (unpaired) electrons. The average Bonchev–Trinajstić information content (AvgIpc) is 2.81. The van der Waals surface area contributed by atoms with E-state index in [0.29, 0.717) is 24.7 Å². The topological polar surface area (TPSA) is 85.5 Å². The summed E-state index contributed by atoms with van der Waals surface area (Å²) in [5.41, 5.74) is 0. The van der Waals surface area contributed by atoms with Crippen LogP contribution in [0.25, 0.3) is 0 Å². The molecular formula is C13H19N3O4. The second kappa shape index (κ2) is 8.08. The highest BCUT2D eigenvalue weighted by Crippen LogP contribution is 2.04. The van der Waals surface area contributed by atoms with E-state index < -0.39 is 5.97 Å². The molecule has 0 aliphatic rings. The van der Waals surface area contributed by atoms with Crippen LogP contribution in [0.4, 0.5) is 0 Å². The van der Waals surface area contributed by atoms with Crippen LogP contribution in [-0.4, -0.2) is 46.6 Å². The number of aryl methyl sites for hydroxylation is 2. The molecule has 0 aliphatic carbocycles. The first kappa shape index (κ1) is 15.9. The van der Waals surface area contributed by atoms with Gasteiger partial charge < -0.3 is 14.2 Å². The first-order valence-corrected chi connectivity index (χ1v) is 6.40. The number of rotatable bonds is 8. The highest BCUT2D eigenvalue weighted by atomic mass is 16.5. The van der Waals surface area contributed by atoms with Gasteiger partial charge in [0, 0.05) is 19.4 Å². The minimum absolute atomic E-state index is 0.0818. The lowest BCUT2D eigenvalue weighted by molar-refractivity contribution is -0.148. The van der Waals surface area contributed by atoms with Crippen molar-refractivity contribution < 1.29 is 18.8 Å². The zero-order valence-corrected chi connectivity index (χ0v) is 11.8. The monoisotopic (exact) mass is 281 g/mol. The Balaban J connectivity index is 2.50. The highest BCUT2D eigenvalue weighted by molar-refractivity contribution is 5.82. The van der Waals surface area contributed by atoms with Crippen molar-refractivity contribution >= 4 is 11.9 Å². The fraction of sp³-hybridized carbons (Fsp3) is 0.538. The predicted octanol–water partition coefficient (Wildman–Crippen LogP) is 0.888. The molecule has 0 fully saturated rings. The number of hydrogen-bond acceptors (Lipinski definition) is 6. The van der Waals surface area contributed by atoms with Gasteiger partial charge in [-0.2, -0.15) is 4.98 Å². The Kier molecular flexibility index (Phi) is 6.42. The second-order valence-corrected chi connectivity index (χ2v) is 4.10. The summed E-state index contributed by atoms with van der Waals surface area (Å²) < 4.78 is 9.76. The van der Waals surface area contributed by atoms with Gasteiger partial charge in [-0.15, -0.1) is 6.58 Å². The smallest absolute Gasteiger partial charge is 0.325 e. The number of amides is 1. The molecule has 0 aromatic carbocycles. The Morgan fingerprint density at radius 2 is 2.25 bits per heavy atom. The molecule has 0 bridgehead atoms. The largest absolute Gasteiger partial charge is 0.465 e. The summed E-state index contributed by atoms with van der Waals surface area (Å²) in [6.45, 7) is 7.49. The molecule has 0 spiro atoms. The summed E-state index contributed by atoms with van der Waals surface area (Å²) >= 11 is 0. The van der Waals surface area contributed by atoms with Crippen molar-refractivity contribution in [2.75, 3.05) is 19.7 Å². The lowest BCUT2D eigenvalue weighted by Gasteiger charge is -2.19. The average molecular weight is 281 g/mol. The van der Waals surface area contributed by atoms with E-state index in [-0.39, 0.29) is 25.5 Å². The maximum atomic E-state index is 12.0. The van der Waals surface area contributed by atoms with E-state index in [1.807, 2.05) is 0 Å². The van der Waals surface area contributed by atoms with Gasteiger partial charge in [0.05, 0.1) is 6.61 Å². The standard InChI is InChI=1S/C13H19N3O4/c1-4-8-16(9-13(18)19-5-2)12(17)7-6-11-14-10(3)15-20-11/h4H,1,5-9H2,2-3H3. The normalized spacial score (nSPS) is 10.1. The second-order valence-electron chi connectivity index (χ2n) is 4.10. The zero-order valence-electron chi connectivity index (χ0n) is 11.8. The molecule has 1 aromatic heterocycles. The van der Waals surface area contributed by atoms with Crippen LogP contribution in [0.2, 0.25) is 0 Å². The van der Waals surface area contributed by atoms with E-state index in [2.05, 4.69) is 16.7 Å². The van der Waals surface area contributed by atoms with Gasteiger partial charge in [0.1, 0.15) is 6.54 Å². The van der Waals surface area contributed by atoms with Crippen LogP contribution in [0, 0.1) is 6.92 Å². The Morgan fingerprint density at radius 3 is 2.80 bits per heavy atom. The quantitative estimate of drug-likeness (QED) is 0.519. The van der Waals surface area contributed by atoms with E-state index in [0.717, 1.165) is 0 Å². The fourth-order valence-electron chi connectivity index (χ4n) is 1.59. The van der Waals surface area contributed by atoms with E-state index >= 15 is 0 Å². The van der Waals surface area contributed by atoms with Crippen molar-refractivity contribution in [2.24, 2.45) is 0 Å². The summed E-state index contributed by atoms with van der Waals surface area (Å²) in [7, 11) is 0. The number of carbonyl (C=O) groups is 2. The van der Waals surface area contributed by atoms with Crippen LogP contribution in [0.5, 0.6) is 0 Å². The SMILES string of the molecule is C=CCN(CC(=O)OCC)C(=O)CCc1nc(C)no1.